The third-order valence-electron chi connectivity index (χ3n) is 5.66. The van der Waals surface area contributed by atoms with Crippen LogP contribution in [0.4, 0.5) is 0 Å². The quantitative estimate of drug-likeness (QED) is 0.811. The second-order valence-corrected chi connectivity index (χ2v) is 7.92. The van der Waals surface area contributed by atoms with E-state index in [-0.39, 0.29) is 0 Å². The summed E-state index contributed by atoms with van der Waals surface area (Å²) < 4.78 is 7.78. The molecule has 4 heterocycles. The van der Waals surface area contributed by atoms with Gasteiger partial charge < -0.3 is 4.74 Å². The second kappa shape index (κ2) is 8.50. The van der Waals surface area contributed by atoms with Gasteiger partial charge in [-0.05, 0) is 50.9 Å². The number of rotatable bonds is 5. The van der Waals surface area contributed by atoms with Gasteiger partial charge in [-0.1, -0.05) is 6.07 Å². The van der Waals surface area contributed by atoms with Gasteiger partial charge in [0, 0.05) is 52.1 Å². The number of methoxy groups -OCH3 is 1. The highest BCUT2D eigenvalue weighted by molar-refractivity contribution is 5.13. The molecule has 27 heavy (non-hydrogen) atoms. The molecule has 2 aliphatic heterocycles. The Morgan fingerprint density at radius 2 is 1.93 bits per heavy atom. The molecule has 146 valence electrons. The zero-order valence-electron chi connectivity index (χ0n) is 16.6. The average molecular weight is 370 g/mol. The van der Waals surface area contributed by atoms with Gasteiger partial charge in [-0.3, -0.25) is 19.5 Å². The fraction of sp³-hybridized carbons (Fsp3) is 0.619. The van der Waals surface area contributed by atoms with E-state index < -0.39 is 0 Å². The molecule has 1 fully saturated rings. The normalized spacial score (nSPS) is 21.8. The van der Waals surface area contributed by atoms with Crippen molar-refractivity contribution in [3.8, 4) is 0 Å². The van der Waals surface area contributed by atoms with Gasteiger partial charge in [0.25, 0.3) is 0 Å². The van der Waals surface area contributed by atoms with Gasteiger partial charge in [0.05, 0.1) is 23.2 Å². The van der Waals surface area contributed by atoms with E-state index in [4.69, 9.17) is 9.84 Å². The summed E-state index contributed by atoms with van der Waals surface area (Å²) in [6.07, 6.45) is 3.89. The van der Waals surface area contributed by atoms with Crippen LogP contribution in [0.1, 0.15) is 42.0 Å². The van der Waals surface area contributed by atoms with Gasteiger partial charge in [-0.25, -0.2) is 0 Å². The Hall–Kier alpha value is -1.76. The van der Waals surface area contributed by atoms with Gasteiger partial charge in [0.15, 0.2) is 0 Å². The van der Waals surface area contributed by atoms with Gasteiger partial charge >= 0.3 is 0 Å². The highest BCUT2D eigenvalue weighted by Crippen LogP contribution is 2.19. The first kappa shape index (κ1) is 18.6. The van der Waals surface area contributed by atoms with Crippen molar-refractivity contribution in [3.05, 3.63) is 47.0 Å². The maximum absolute atomic E-state index is 5.56. The minimum Gasteiger partial charge on any atom is -0.380 e. The van der Waals surface area contributed by atoms with Gasteiger partial charge in [-0.15, -0.1) is 0 Å². The fourth-order valence-corrected chi connectivity index (χ4v) is 4.30. The van der Waals surface area contributed by atoms with Crippen LogP contribution in [0, 0.1) is 6.92 Å². The molecule has 0 aliphatic carbocycles. The average Bonchev–Trinajstić information content (AvgIpc) is 2.93. The minimum absolute atomic E-state index is 0.372. The third kappa shape index (κ3) is 4.75. The highest BCUT2D eigenvalue weighted by Gasteiger charge is 2.22. The van der Waals surface area contributed by atoms with E-state index in [0.717, 1.165) is 63.6 Å². The van der Waals surface area contributed by atoms with Crippen LogP contribution in [0.2, 0.25) is 0 Å². The molecule has 2 aliphatic rings. The van der Waals surface area contributed by atoms with Crippen LogP contribution < -0.4 is 0 Å². The number of likely N-dealkylation sites (tertiary alicyclic amines) is 1. The van der Waals surface area contributed by atoms with Gasteiger partial charge in [-0.2, -0.15) is 5.10 Å². The first-order valence-corrected chi connectivity index (χ1v) is 10.2. The first-order chi connectivity index (χ1) is 13.2. The fourth-order valence-electron chi connectivity index (χ4n) is 4.30. The zero-order chi connectivity index (χ0) is 18.6. The molecule has 6 heteroatoms. The number of hydrogen-bond acceptors (Lipinski definition) is 5. The Kier molecular flexibility index (Phi) is 5.86. The minimum atomic E-state index is 0.372. The predicted molar refractivity (Wildman–Crippen MR) is 105 cm³/mol. The number of aromatic nitrogens is 3. The van der Waals surface area contributed by atoms with E-state index in [2.05, 4.69) is 50.7 Å². The van der Waals surface area contributed by atoms with Crippen LogP contribution in [-0.2, 0) is 30.9 Å². The summed E-state index contributed by atoms with van der Waals surface area (Å²) >= 11 is 0. The smallest absolute Gasteiger partial charge is 0.0768 e. The molecular weight excluding hydrogens is 338 g/mol. The summed E-state index contributed by atoms with van der Waals surface area (Å²) in [5.41, 5.74) is 4.76. The van der Waals surface area contributed by atoms with Crippen molar-refractivity contribution in [3.63, 3.8) is 0 Å². The lowest BCUT2D eigenvalue weighted by Gasteiger charge is -2.31. The second-order valence-electron chi connectivity index (χ2n) is 7.92. The topological polar surface area (TPSA) is 46.4 Å². The first-order valence-electron chi connectivity index (χ1n) is 10.2. The Morgan fingerprint density at radius 1 is 1.07 bits per heavy atom. The molecule has 1 saturated heterocycles. The molecule has 2 aromatic rings. The van der Waals surface area contributed by atoms with Crippen molar-refractivity contribution in [2.75, 3.05) is 26.7 Å². The monoisotopic (exact) mass is 369 g/mol. The predicted octanol–water partition coefficient (Wildman–Crippen LogP) is 2.60. The van der Waals surface area contributed by atoms with Crippen LogP contribution in [0.25, 0.3) is 0 Å². The molecule has 1 atom stereocenters. The van der Waals surface area contributed by atoms with Crippen LogP contribution in [-0.4, -0.2) is 57.4 Å². The summed E-state index contributed by atoms with van der Waals surface area (Å²) in [4.78, 5) is 9.64. The number of hydrogen-bond donors (Lipinski definition) is 0. The van der Waals surface area contributed by atoms with Gasteiger partial charge in [0.1, 0.15) is 0 Å². The SMILES string of the molecule is CO[C@H]1CCCN(Cc2cc3n(n2)CCCN(Cc2cccc(C)n2)C3)C1. The molecule has 6 nitrogen and oxygen atoms in total. The van der Waals surface area contributed by atoms with Crippen LogP contribution in [0.5, 0.6) is 0 Å². The van der Waals surface area contributed by atoms with Crippen molar-refractivity contribution < 1.29 is 4.74 Å². The van der Waals surface area contributed by atoms with Crippen LogP contribution in [0.3, 0.4) is 0 Å². The van der Waals surface area contributed by atoms with E-state index >= 15 is 0 Å². The van der Waals surface area contributed by atoms with Crippen molar-refractivity contribution >= 4 is 0 Å². The van der Waals surface area contributed by atoms with Crippen molar-refractivity contribution in [1.29, 1.82) is 0 Å². The Morgan fingerprint density at radius 3 is 2.78 bits per heavy atom. The molecule has 0 aromatic carbocycles. The lowest BCUT2D eigenvalue weighted by molar-refractivity contribution is 0.0281. The van der Waals surface area contributed by atoms with E-state index in [1.54, 1.807) is 0 Å². The van der Waals surface area contributed by atoms with Crippen molar-refractivity contribution in [2.45, 2.75) is 58.5 Å². The molecule has 2 aromatic heterocycles. The molecule has 0 spiro atoms. The Balaban J connectivity index is 1.41. The molecular formula is C21H31N5O. The van der Waals surface area contributed by atoms with E-state index in [9.17, 15) is 0 Å². The number of pyridine rings is 1. The summed E-state index contributed by atoms with van der Waals surface area (Å²) in [7, 11) is 1.82. The standard InChI is InChI=1S/C21H31N5O/c1-17-6-3-7-18(22-17)13-24-10-5-11-26-20(15-24)12-19(23-26)14-25-9-4-8-21(16-25)27-2/h3,6-7,12,21H,4-5,8-11,13-16H2,1-2H3/t21-/m0/s1. The maximum atomic E-state index is 5.56. The molecule has 0 amide bonds. The number of piperidine rings is 1. The summed E-state index contributed by atoms with van der Waals surface area (Å²) in [5, 5.41) is 4.90. The van der Waals surface area contributed by atoms with E-state index in [1.165, 1.54) is 24.2 Å². The van der Waals surface area contributed by atoms with E-state index in [0.29, 0.717) is 6.10 Å². The third-order valence-corrected chi connectivity index (χ3v) is 5.66. The number of ether oxygens (including phenoxy) is 1. The van der Waals surface area contributed by atoms with Gasteiger partial charge in [0.2, 0.25) is 0 Å². The molecule has 4 rings (SSSR count). The number of aryl methyl sites for hydroxylation is 2. The Labute approximate surface area is 162 Å². The summed E-state index contributed by atoms with van der Waals surface area (Å²) in [6, 6.07) is 8.59. The van der Waals surface area contributed by atoms with E-state index in [1.807, 2.05) is 7.11 Å². The van der Waals surface area contributed by atoms with Crippen LogP contribution in [0.15, 0.2) is 24.3 Å². The maximum Gasteiger partial charge on any atom is 0.0768 e. The lowest BCUT2D eigenvalue weighted by atomic mass is 10.1. The molecule has 0 bridgehead atoms. The lowest BCUT2D eigenvalue weighted by Crippen LogP contribution is -2.38. The summed E-state index contributed by atoms with van der Waals surface area (Å²) in [6.45, 7) is 9.11. The molecule has 0 unspecified atom stereocenters. The Bertz CT molecular complexity index is 759. The van der Waals surface area contributed by atoms with Crippen molar-refractivity contribution in [2.24, 2.45) is 0 Å². The molecule has 0 radical (unpaired) electrons. The molecule has 0 saturated carbocycles. The van der Waals surface area contributed by atoms with Crippen molar-refractivity contribution in [1.82, 2.24) is 24.6 Å². The zero-order valence-corrected chi connectivity index (χ0v) is 16.6. The highest BCUT2D eigenvalue weighted by atomic mass is 16.5. The number of nitrogens with zero attached hydrogens (tertiary/aromatic N) is 5. The molecule has 0 N–H and O–H groups in total. The largest absolute Gasteiger partial charge is 0.380 e. The van der Waals surface area contributed by atoms with Crippen LogP contribution >= 0.6 is 0 Å². The number of fused-ring (bicyclic) bond motifs is 1. The summed E-state index contributed by atoms with van der Waals surface area (Å²) in [5.74, 6) is 0.